The highest BCUT2D eigenvalue weighted by molar-refractivity contribution is 6.05. The fraction of sp³-hybridized carbons (Fsp3) is 0.318. The highest BCUT2D eigenvalue weighted by Crippen LogP contribution is 2.40. The first-order valence-corrected chi connectivity index (χ1v) is 9.83. The van der Waals surface area contributed by atoms with Crippen molar-refractivity contribution in [3.05, 3.63) is 42.2 Å². The highest BCUT2D eigenvalue weighted by Gasteiger charge is 2.26. The van der Waals surface area contributed by atoms with E-state index in [0.717, 1.165) is 58.9 Å². The van der Waals surface area contributed by atoms with E-state index in [0.29, 0.717) is 24.4 Å². The molecule has 4 heterocycles. The summed E-state index contributed by atoms with van der Waals surface area (Å²) in [5.41, 5.74) is 6.83. The van der Waals surface area contributed by atoms with Crippen molar-refractivity contribution in [3.8, 4) is 17.0 Å². The number of furan rings is 1. The maximum Gasteiger partial charge on any atom is 0.248 e. The van der Waals surface area contributed by atoms with Crippen molar-refractivity contribution < 1.29 is 13.9 Å². The molecule has 4 aromatic rings. The summed E-state index contributed by atoms with van der Waals surface area (Å²) in [5.74, 6) is 0.802. The number of nitrogens with zero attached hydrogens (tertiary/aromatic N) is 4. The Labute approximate surface area is 168 Å². The van der Waals surface area contributed by atoms with E-state index in [-0.39, 0.29) is 0 Å². The van der Waals surface area contributed by atoms with Crippen molar-refractivity contribution in [1.29, 1.82) is 0 Å². The van der Waals surface area contributed by atoms with Crippen molar-refractivity contribution in [1.82, 2.24) is 15.0 Å². The number of aromatic nitrogens is 3. The van der Waals surface area contributed by atoms with E-state index in [9.17, 15) is 0 Å². The number of hydrogen-bond donors (Lipinski definition) is 0. The van der Waals surface area contributed by atoms with Gasteiger partial charge in [-0.3, -0.25) is 0 Å². The maximum atomic E-state index is 6.17. The number of rotatable bonds is 4. The third kappa shape index (κ3) is 2.98. The van der Waals surface area contributed by atoms with Crippen LogP contribution in [-0.2, 0) is 11.2 Å². The highest BCUT2D eigenvalue weighted by atomic mass is 16.5. The maximum absolute atomic E-state index is 6.17. The lowest BCUT2D eigenvalue weighted by atomic mass is 10.00. The number of morpholine rings is 1. The first-order valence-electron chi connectivity index (χ1n) is 9.83. The molecule has 1 saturated heterocycles. The Balaban J connectivity index is 1.85. The molecule has 0 saturated carbocycles. The smallest absolute Gasteiger partial charge is 0.248 e. The Kier molecular flexibility index (Phi) is 4.52. The molecule has 1 aliphatic heterocycles. The Morgan fingerprint density at radius 2 is 1.93 bits per heavy atom. The van der Waals surface area contributed by atoms with Crippen LogP contribution < -0.4 is 9.64 Å². The SMILES string of the molecule is CCc1c(-c2cccc(OC)c2)nc2c(oc3nccnc32)c1N1CCOCC1. The number of pyridine rings is 1. The first-order chi connectivity index (χ1) is 14.3. The minimum atomic E-state index is 0.509. The molecule has 0 unspecified atom stereocenters. The zero-order valence-electron chi connectivity index (χ0n) is 16.5. The molecule has 29 heavy (non-hydrogen) atoms. The number of benzene rings is 1. The number of ether oxygens (including phenoxy) is 2. The number of anilines is 1. The van der Waals surface area contributed by atoms with E-state index < -0.39 is 0 Å². The first kappa shape index (κ1) is 17.9. The Morgan fingerprint density at radius 3 is 2.72 bits per heavy atom. The summed E-state index contributed by atoms with van der Waals surface area (Å²) < 4.78 is 17.2. The second kappa shape index (κ2) is 7.33. The van der Waals surface area contributed by atoms with Gasteiger partial charge in [-0.15, -0.1) is 0 Å². The largest absolute Gasteiger partial charge is 0.497 e. The molecule has 0 atom stereocenters. The average molecular weight is 390 g/mol. The van der Waals surface area contributed by atoms with Crippen LogP contribution >= 0.6 is 0 Å². The topological polar surface area (TPSA) is 73.5 Å². The standard InChI is InChI=1S/C22H22N4O3/c1-3-16-17(14-5-4-6-15(13-14)27-2)25-18-19-22(24-8-7-23-19)29-21(18)20(16)26-9-11-28-12-10-26/h4-8,13H,3,9-12H2,1-2H3. The third-order valence-electron chi connectivity index (χ3n) is 5.34. The zero-order chi connectivity index (χ0) is 19.8. The van der Waals surface area contributed by atoms with E-state index in [1.807, 2.05) is 18.2 Å². The fourth-order valence-electron chi connectivity index (χ4n) is 3.97. The summed E-state index contributed by atoms with van der Waals surface area (Å²) in [6.45, 7) is 5.15. The summed E-state index contributed by atoms with van der Waals surface area (Å²) in [6, 6.07) is 8.01. The lowest BCUT2D eigenvalue weighted by molar-refractivity contribution is 0.122. The Morgan fingerprint density at radius 1 is 1.10 bits per heavy atom. The van der Waals surface area contributed by atoms with Crippen molar-refractivity contribution >= 4 is 28.0 Å². The molecule has 0 N–H and O–H groups in total. The van der Waals surface area contributed by atoms with Crippen molar-refractivity contribution in [3.63, 3.8) is 0 Å². The monoisotopic (exact) mass is 390 g/mol. The molecule has 0 bridgehead atoms. The van der Waals surface area contributed by atoms with Gasteiger partial charge in [-0.2, -0.15) is 0 Å². The molecule has 0 spiro atoms. The predicted octanol–water partition coefficient (Wildman–Crippen LogP) is 3.85. The van der Waals surface area contributed by atoms with Crippen LogP contribution in [-0.4, -0.2) is 48.4 Å². The van der Waals surface area contributed by atoms with Crippen LogP contribution in [0.5, 0.6) is 5.75 Å². The minimum Gasteiger partial charge on any atom is -0.497 e. The van der Waals surface area contributed by atoms with Gasteiger partial charge in [0.05, 0.1) is 31.7 Å². The molecule has 1 aromatic carbocycles. The van der Waals surface area contributed by atoms with Gasteiger partial charge in [-0.1, -0.05) is 19.1 Å². The average Bonchev–Trinajstić information content (AvgIpc) is 3.16. The van der Waals surface area contributed by atoms with Crippen LogP contribution in [0.1, 0.15) is 12.5 Å². The second-order valence-electron chi connectivity index (χ2n) is 6.96. The second-order valence-corrected chi connectivity index (χ2v) is 6.96. The van der Waals surface area contributed by atoms with Gasteiger partial charge in [0.15, 0.2) is 11.1 Å². The Hall–Kier alpha value is -3.19. The van der Waals surface area contributed by atoms with Crippen molar-refractivity contribution in [2.24, 2.45) is 0 Å². The molecule has 7 heteroatoms. The molecule has 0 aliphatic carbocycles. The van der Waals surface area contributed by atoms with Gasteiger partial charge in [0.2, 0.25) is 5.71 Å². The summed E-state index contributed by atoms with van der Waals surface area (Å²) in [7, 11) is 1.68. The molecular formula is C22H22N4O3. The number of fused-ring (bicyclic) bond motifs is 3. The van der Waals surface area contributed by atoms with Crippen LogP contribution in [0.4, 0.5) is 5.69 Å². The molecule has 0 radical (unpaired) electrons. The quantitative estimate of drug-likeness (QED) is 0.524. The van der Waals surface area contributed by atoms with Crippen LogP contribution in [0.2, 0.25) is 0 Å². The van der Waals surface area contributed by atoms with Crippen LogP contribution in [0, 0.1) is 0 Å². The summed E-state index contributed by atoms with van der Waals surface area (Å²) in [5, 5.41) is 0. The van der Waals surface area contributed by atoms with Crippen molar-refractivity contribution in [2.75, 3.05) is 38.3 Å². The Bertz CT molecular complexity index is 1180. The van der Waals surface area contributed by atoms with Gasteiger partial charge in [0.1, 0.15) is 11.3 Å². The predicted molar refractivity (Wildman–Crippen MR) is 112 cm³/mol. The van der Waals surface area contributed by atoms with Crippen LogP contribution in [0.3, 0.4) is 0 Å². The normalized spacial score (nSPS) is 14.6. The lowest BCUT2D eigenvalue weighted by Crippen LogP contribution is -2.37. The van der Waals surface area contributed by atoms with Gasteiger partial charge in [-0.25, -0.2) is 15.0 Å². The zero-order valence-corrected chi connectivity index (χ0v) is 16.5. The van der Waals surface area contributed by atoms with E-state index in [2.05, 4.69) is 27.9 Å². The van der Waals surface area contributed by atoms with Gasteiger partial charge in [-0.05, 0) is 18.6 Å². The van der Waals surface area contributed by atoms with Crippen LogP contribution in [0.15, 0.2) is 41.1 Å². The lowest BCUT2D eigenvalue weighted by Gasteiger charge is -2.31. The minimum absolute atomic E-state index is 0.509. The van der Waals surface area contributed by atoms with E-state index in [1.54, 1.807) is 19.5 Å². The molecule has 148 valence electrons. The molecule has 5 rings (SSSR count). The van der Waals surface area contributed by atoms with Crippen molar-refractivity contribution in [2.45, 2.75) is 13.3 Å². The molecule has 3 aromatic heterocycles. The molecule has 0 amide bonds. The summed E-state index contributed by atoms with van der Waals surface area (Å²) in [6.07, 6.45) is 4.13. The van der Waals surface area contributed by atoms with Gasteiger partial charge < -0.3 is 18.8 Å². The fourth-order valence-corrected chi connectivity index (χ4v) is 3.97. The van der Waals surface area contributed by atoms with E-state index in [1.165, 1.54) is 0 Å². The van der Waals surface area contributed by atoms with Crippen LogP contribution in [0.25, 0.3) is 33.6 Å². The number of methoxy groups -OCH3 is 1. The van der Waals surface area contributed by atoms with E-state index >= 15 is 0 Å². The van der Waals surface area contributed by atoms with E-state index in [4.69, 9.17) is 18.9 Å². The van der Waals surface area contributed by atoms with Gasteiger partial charge in [0.25, 0.3) is 0 Å². The van der Waals surface area contributed by atoms with Gasteiger partial charge in [0, 0.05) is 36.6 Å². The molecule has 1 fully saturated rings. The number of hydrogen-bond acceptors (Lipinski definition) is 7. The molecular weight excluding hydrogens is 368 g/mol. The summed E-state index contributed by atoms with van der Waals surface area (Å²) in [4.78, 5) is 16.2. The summed E-state index contributed by atoms with van der Waals surface area (Å²) >= 11 is 0. The molecule has 1 aliphatic rings. The third-order valence-corrected chi connectivity index (χ3v) is 5.34. The van der Waals surface area contributed by atoms with Gasteiger partial charge >= 0.3 is 0 Å². The molecule has 7 nitrogen and oxygen atoms in total.